The van der Waals surface area contributed by atoms with Gasteiger partial charge in [-0.3, -0.25) is 0 Å². The van der Waals surface area contributed by atoms with Gasteiger partial charge in [-0.15, -0.1) is 0 Å². The first kappa shape index (κ1) is 20.0. The average Bonchev–Trinajstić information content (AvgIpc) is 2.84. The van der Waals surface area contributed by atoms with Crippen LogP contribution in [0.2, 0.25) is 0 Å². The van der Waals surface area contributed by atoms with Crippen LogP contribution in [-0.4, -0.2) is 0 Å². The van der Waals surface area contributed by atoms with Crippen LogP contribution in [-0.2, 0) is 0 Å². The third kappa shape index (κ3) is 4.26. The SMILES string of the molecule is Cc1cccc(-c2ccc(-c3cccc(-c4cccc(-c5cccc(C)c5)c4)c3)cc2)c1. The minimum absolute atomic E-state index is 1.23. The molecule has 0 unspecified atom stereocenters. The molecular formula is C32H26. The second kappa shape index (κ2) is 8.69. The van der Waals surface area contributed by atoms with Crippen LogP contribution < -0.4 is 0 Å². The van der Waals surface area contributed by atoms with E-state index in [4.69, 9.17) is 0 Å². The lowest BCUT2D eigenvalue weighted by molar-refractivity contribution is 1.46. The fourth-order valence-corrected chi connectivity index (χ4v) is 4.26. The van der Waals surface area contributed by atoms with E-state index in [0.717, 1.165) is 0 Å². The lowest BCUT2D eigenvalue weighted by atomic mass is 9.95. The zero-order valence-corrected chi connectivity index (χ0v) is 18.5. The van der Waals surface area contributed by atoms with E-state index >= 15 is 0 Å². The standard InChI is InChI=1S/C32H26/c1-23-7-3-9-27(19-23)25-15-17-26(18-16-25)29-11-5-13-31(21-29)32-14-6-12-30(22-32)28-10-4-8-24(2)20-28/h3-22H,1-2H3. The monoisotopic (exact) mass is 410 g/mol. The molecule has 0 N–H and O–H groups in total. The van der Waals surface area contributed by atoms with Gasteiger partial charge in [-0.25, -0.2) is 0 Å². The lowest BCUT2D eigenvalue weighted by Crippen LogP contribution is -1.85. The van der Waals surface area contributed by atoms with Crippen LogP contribution in [0.25, 0.3) is 44.5 Å². The summed E-state index contributed by atoms with van der Waals surface area (Å²) in [5.41, 5.74) is 12.5. The smallest absolute Gasteiger partial charge is 0.0178 e. The summed E-state index contributed by atoms with van der Waals surface area (Å²) < 4.78 is 0. The number of benzene rings is 5. The van der Waals surface area contributed by atoms with Gasteiger partial charge in [-0.2, -0.15) is 0 Å². The van der Waals surface area contributed by atoms with E-state index in [-0.39, 0.29) is 0 Å². The van der Waals surface area contributed by atoms with Crippen LogP contribution in [0.3, 0.4) is 0 Å². The average molecular weight is 411 g/mol. The highest BCUT2D eigenvalue weighted by molar-refractivity contribution is 5.78. The second-order valence-electron chi connectivity index (χ2n) is 8.48. The summed E-state index contributed by atoms with van der Waals surface area (Å²) in [7, 11) is 0. The summed E-state index contributed by atoms with van der Waals surface area (Å²) in [4.78, 5) is 0. The topological polar surface area (TPSA) is 0 Å². The Hall–Kier alpha value is -3.90. The largest absolute Gasteiger partial charge is 0.0614 e. The molecule has 0 spiro atoms. The van der Waals surface area contributed by atoms with Crippen molar-refractivity contribution in [2.45, 2.75) is 13.8 Å². The van der Waals surface area contributed by atoms with E-state index in [0.29, 0.717) is 0 Å². The summed E-state index contributed by atoms with van der Waals surface area (Å²) in [6.07, 6.45) is 0. The zero-order valence-electron chi connectivity index (χ0n) is 18.5. The molecule has 0 saturated heterocycles. The van der Waals surface area contributed by atoms with E-state index < -0.39 is 0 Å². The van der Waals surface area contributed by atoms with E-state index in [2.05, 4.69) is 135 Å². The first-order valence-corrected chi connectivity index (χ1v) is 11.1. The fourth-order valence-electron chi connectivity index (χ4n) is 4.26. The van der Waals surface area contributed by atoms with E-state index in [1.807, 2.05) is 0 Å². The van der Waals surface area contributed by atoms with Crippen LogP contribution in [0.15, 0.2) is 121 Å². The first-order valence-electron chi connectivity index (χ1n) is 11.1. The van der Waals surface area contributed by atoms with Crippen molar-refractivity contribution in [2.24, 2.45) is 0 Å². The highest BCUT2D eigenvalue weighted by Crippen LogP contribution is 2.31. The van der Waals surface area contributed by atoms with Gasteiger partial charge in [0.2, 0.25) is 0 Å². The number of hydrogen-bond acceptors (Lipinski definition) is 0. The number of rotatable bonds is 4. The maximum absolute atomic E-state index is 2.29. The quantitative estimate of drug-likeness (QED) is 0.277. The van der Waals surface area contributed by atoms with Gasteiger partial charge in [0.05, 0.1) is 0 Å². The summed E-state index contributed by atoms with van der Waals surface area (Å²) >= 11 is 0. The van der Waals surface area contributed by atoms with Crippen LogP contribution >= 0.6 is 0 Å². The summed E-state index contributed by atoms with van der Waals surface area (Å²) in [5.74, 6) is 0. The summed E-state index contributed by atoms with van der Waals surface area (Å²) in [5, 5.41) is 0. The number of aryl methyl sites for hydroxylation is 2. The van der Waals surface area contributed by atoms with Crippen molar-refractivity contribution in [2.75, 3.05) is 0 Å². The van der Waals surface area contributed by atoms with Crippen LogP contribution in [0.4, 0.5) is 0 Å². The predicted molar refractivity (Wildman–Crippen MR) is 138 cm³/mol. The Morgan fingerprint density at radius 3 is 0.938 bits per heavy atom. The molecule has 0 atom stereocenters. The van der Waals surface area contributed by atoms with Crippen LogP contribution in [0.5, 0.6) is 0 Å². The Morgan fingerprint density at radius 1 is 0.281 bits per heavy atom. The predicted octanol–water partition coefficient (Wildman–Crippen LogP) is 8.97. The van der Waals surface area contributed by atoms with Crippen molar-refractivity contribution in [3.63, 3.8) is 0 Å². The maximum atomic E-state index is 2.29. The Balaban J connectivity index is 1.46. The summed E-state index contributed by atoms with van der Waals surface area (Å²) in [6, 6.07) is 43.9. The van der Waals surface area contributed by atoms with Crippen LogP contribution in [0.1, 0.15) is 11.1 Å². The zero-order chi connectivity index (χ0) is 21.9. The van der Waals surface area contributed by atoms with Gasteiger partial charge in [-0.1, -0.05) is 120 Å². The van der Waals surface area contributed by atoms with Gasteiger partial charge in [0.1, 0.15) is 0 Å². The third-order valence-electron chi connectivity index (χ3n) is 5.98. The molecule has 0 bridgehead atoms. The van der Waals surface area contributed by atoms with Crippen molar-refractivity contribution < 1.29 is 0 Å². The lowest BCUT2D eigenvalue weighted by Gasteiger charge is -2.10. The highest BCUT2D eigenvalue weighted by atomic mass is 14.1. The van der Waals surface area contributed by atoms with Crippen molar-refractivity contribution in [3.8, 4) is 44.5 Å². The molecule has 32 heavy (non-hydrogen) atoms. The Kier molecular flexibility index (Phi) is 5.44. The van der Waals surface area contributed by atoms with Gasteiger partial charge >= 0.3 is 0 Å². The van der Waals surface area contributed by atoms with Gasteiger partial charge in [0.15, 0.2) is 0 Å². The molecule has 0 nitrogen and oxygen atoms in total. The molecule has 0 aliphatic carbocycles. The molecule has 5 aromatic rings. The third-order valence-corrected chi connectivity index (χ3v) is 5.98. The van der Waals surface area contributed by atoms with E-state index in [1.165, 1.54) is 55.6 Å². The molecule has 0 saturated carbocycles. The Morgan fingerprint density at radius 2 is 0.562 bits per heavy atom. The molecule has 0 heterocycles. The maximum Gasteiger partial charge on any atom is -0.0178 e. The van der Waals surface area contributed by atoms with E-state index in [9.17, 15) is 0 Å². The number of hydrogen-bond donors (Lipinski definition) is 0. The molecule has 0 heteroatoms. The van der Waals surface area contributed by atoms with Crippen molar-refractivity contribution in [1.82, 2.24) is 0 Å². The molecule has 0 amide bonds. The normalized spacial score (nSPS) is 10.8. The Bertz CT molecular complexity index is 1370. The Labute approximate surface area is 190 Å². The van der Waals surface area contributed by atoms with Gasteiger partial charge in [-0.05, 0) is 70.5 Å². The minimum atomic E-state index is 1.23. The highest BCUT2D eigenvalue weighted by Gasteiger charge is 2.05. The van der Waals surface area contributed by atoms with E-state index in [1.54, 1.807) is 0 Å². The first-order chi connectivity index (χ1) is 15.7. The molecular weight excluding hydrogens is 384 g/mol. The van der Waals surface area contributed by atoms with Gasteiger partial charge < -0.3 is 0 Å². The fraction of sp³-hybridized carbons (Fsp3) is 0.0625. The molecule has 0 aromatic heterocycles. The molecule has 154 valence electrons. The minimum Gasteiger partial charge on any atom is -0.0614 e. The van der Waals surface area contributed by atoms with Crippen molar-refractivity contribution in [3.05, 3.63) is 132 Å². The van der Waals surface area contributed by atoms with Crippen molar-refractivity contribution >= 4 is 0 Å². The molecule has 0 radical (unpaired) electrons. The van der Waals surface area contributed by atoms with Crippen LogP contribution in [0, 0.1) is 13.8 Å². The second-order valence-corrected chi connectivity index (χ2v) is 8.48. The molecule has 0 aliphatic rings. The molecule has 0 aliphatic heterocycles. The van der Waals surface area contributed by atoms with Gasteiger partial charge in [0, 0.05) is 0 Å². The molecule has 5 aromatic carbocycles. The van der Waals surface area contributed by atoms with Crippen molar-refractivity contribution in [1.29, 1.82) is 0 Å². The summed E-state index contributed by atoms with van der Waals surface area (Å²) in [6.45, 7) is 4.28. The van der Waals surface area contributed by atoms with Gasteiger partial charge in [0.25, 0.3) is 0 Å². The molecule has 5 rings (SSSR count). The molecule has 0 fully saturated rings.